The minimum atomic E-state index is 0. The van der Waals surface area contributed by atoms with E-state index in [4.69, 9.17) is 5.73 Å². The van der Waals surface area contributed by atoms with Crippen molar-refractivity contribution in [1.82, 2.24) is 9.97 Å². The summed E-state index contributed by atoms with van der Waals surface area (Å²) < 4.78 is 0. The lowest BCUT2D eigenvalue weighted by Crippen LogP contribution is -2.00. The Morgan fingerprint density at radius 3 is 2.55 bits per heavy atom. The van der Waals surface area contributed by atoms with Gasteiger partial charge in [-0.3, -0.25) is 0 Å². The van der Waals surface area contributed by atoms with Gasteiger partial charge in [0.25, 0.3) is 0 Å². The van der Waals surface area contributed by atoms with Gasteiger partial charge in [-0.1, -0.05) is 0 Å². The predicted octanol–water partition coefficient (Wildman–Crippen LogP) is 1.07. The van der Waals surface area contributed by atoms with Crippen molar-refractivity contribution in [2.75, 3.05) is 0 Å². The minimum absolute atomic E-state index is 0. The predicted molar refractivity (Wildman–Crippen MR) is 48.4 cm³/mol. The maximum Gasteiger partial charge on any atom is 0.0921 e. The van der Waals surface area contributed by atoms with Gasteiger partial charge in [-0.2, -0.15) is 0 Å². The molecule has 3 nitrogen and oxygen atoms in total. The molecule has 1 fully saturated rings. The molecule has 0 aromatic carbocycles. The van der Waals surface area contributed by atoms with Crippen LogP contribution in [0.4, 0.5) is 0 Å². The third-order valence-corrected chi connectivity index (χ3v) is 1.76. The van der Waals surface area contributed by atoms with Crippen molar-refractivity contribution in [2.45, 2.75) is 18.4 Å². The third kappa shape index (κ3) is 2.09. The molecule has 1 heterocycles. The van der Waals surface area contributed by atoms with Crippen LogP contribution in [0.2, 0.25) is 0 Å². The lowest BCUT2D eigenvalue weighted by atomic mass is 10.3. The van der Waals surface area contributed by atoms with E-state index in [1.54, 1.807) is 6.33 Å². The van der Waals surface area contributed by atoms with Gasteiger partial charge < -0.3 is 10.7 Å². The number of halogens is 2. The smallest absolute Gasteiger partial charge is 0.0921 e. The van der Waals surface area contributed by atoms with Crippen LogP contribution in [-0.4, -0.2) is 16.0 Å². The van der Waals surface area contributed by atoms with Crippen LogP contribution in [0.3, 0.4) is 0 Å². The van der Waals surface area contributed by atoms with Gasteiger partial charge in [0, 0.05) is 23.9 Å². The zero-order chi connectivity index (χ0) is 6.27. The number of nitrogens with one attached hydrogen (secondary N) is 1. The topological polar surface area (TPSA) is 54.7 Å². The Bertz CT molecular complexity index is 200. The van der Waals surface area contributed by atoms with E-state index >= 15 is 0 Å². The van der Waals surface area contributed by atoms with E-state index in [2.05, 4.69) is 9.97 Å². The molecule has 64 valence electrons. The first-order valence-electron chi connectivity index (χ1n) is 3.12. The summed E-state index contributed by atoms with van der Waals surface area (Å²) in [4.78, 5) is 6.95. The van der Waals surface area contributed by atoms with Crippen LogP contribution in [0, 0.1) is 0 Å². The van der Waals surface area contributed by atoms with Crippen molar-refractivity contribution in [3.05, 3.63) is 18.2 Å². The molecule has 5 heteroatoms. The monoisotopic (exact) mass is 195 g/mol. The average Bonchev–Trinajstić information content (AvgIpc) is 2.44. The second kappa shape index (κ2) is 3.95. The van der Waals surface area contributed by atoms with Crippen molar-refractivity contribution < 1.29 is 0 Å². The van der Waals surface area contributed by atoms with Gasteiger partial charge >= 0.3 is 0 Å². The normalized spacial score (nSPS) is 26.6. The molecule has 0 amide bonds. The molecule has 3 N–H and O–H groups in total. The molecular weight excluding hydrogens is 185 g/mol. The molecule has 1 aliphatic carbocycles. The number of hydrogen-bond donors (Lipinski definition) is 2. The van der Waals surface area contributed by atoms with Gasteiger partial charge in [0.05, 0.1) is 6.33 Å². The number of nitrogens with zero attached hydrogens (tertiary/aromatic N) is 1. The molecular formula is C6H11Cl2N3. The van der Waals surface area contributed by atoms with Crippen molar-refractivity contribution in [3.63, 3.8) is 0 Å². The fourth-order valence-electron chi connectivity index (χ4n) is 1.04. The summed E-state index contributed by atoms with van der Waals surface area (Å²) in [6.45, 7) is 0. The number of imidazole rings is 1. The maximum absolute atomic E-state index is 5.61. The Morgan fingerprint density at radius 1 is 1.55 bits per heavy atom. The van der Waals surface area contributed by atoms with Gasteiger partial charge in [0.2, 0.25) is 0 Å². The molecule has 11 heavy (non-hydrogen) atoms. The summed E-state index contributed by atoms with van der Waals surface area (Å²) in [6, 6.07) is 0.380. The largest absolute Gasteiger partial charge is 0.348 e. The van der Waals surface area contributed by atoms with Crippen LogP contribution in [0.15, 0.2) is 12.5 Å². The highest BCUT2D eigenvalue weighted by atomic mass is 35.5. The van der Waals surface area contributed by atoms with Gasteiger partial charge in [0.15, 0.2) is 0 Å². The summed E-state index contributed by atoms with van der Waals surface area (Å²) in [5, 5.41) is 0. The van der Waals surface area contributed by atoms with Crippen molar-refractivity contribution in [2.24, 2.45) is 5.73 Å². The van der Waals surface area contributed by atoms with Gasteiger partial charge in [-0.15, -0.1) is 24.8 Å². The summed E-state index contributed by atoms with van der Waals surface area (Å²) in [5.74, 6) is 0.562. The van der Waals surface area contributed by atoms with Crippen molar-refractivity contribution in [3.8, 4) is 0 Å². The number of nitrogens with two attached hydrogens (primary N) is 1. The van der Waals surface area contributed by atoms with Crippen LogP contribution < -0.4 is 5.73 Å². The molecule has 0 radical (unpaired) electrons. The zero-order valence-corrected chi connectivity index (χ0v) is 7.49. The standard InChI is InChI=1S/C6H9N3.2ClH/c7-5-1-4(5)6-2-8-3-9-6;;/h2-5H,1,7H2,(H,8,9);2*1H/t4-,5-;;/m1../s1. The van der Waals surface area contributed by atoms with Crippen molar-refractivity contribution in [1.29, 1.82) is 0 Å². The molecule has 0 aliphatic heterocycles. The van der Waals surface area contributed by atoms with E-state index in [0.717, 1.165) is 6.42 Å². The Morgan fingerprint density at radius 2 is 2.18 bits per heavy atom. The van der Waals surface area contributed by atoms with Gasteiger partial charge in [0.1, 0.15) is 0 Å². The van der Waals surface area contributed by atoms with Crippen molar-refractivity contribution >= 4 is 24.8 Å². The van der Waals surface area contributed by atoms with Crippen LogP contribution in [-0.2, 0) is 0 Å². The fourth-order valence-corrected chi connectivity index (χ4v) is 1.04. The quantitative estimate of drug-likeness (QED) is 0.705. The number of aromatic nitrogens is 2. The van der Waals surface area contributed by atoms with Crippen LogP contribution in [0.25, 0.3) is 0 Å². The van der Waals surface area contributed by atoms with E-state index in [9.17, 15) is 0 Å². The van der Waals surface area contributed by atoms with Gasteiger partial charge in [-0.25, -0.2) is 4.98 Å². The summed E-state index contributed by atoms with van der Waals surface area (Å²) in [7, 11) is 0. The fraction of sp³-hybridized carbons (Fsp3) is 0.500. The maximum atomic E-state index is 5.61. The van der Waals surface area contributed by atoms with E-state index in [0.29, 0.717) is 12.0 Å². The van der Waals surface area contributed by atoms with Crippen LogP contribution in [0.5, 0.6) is 0 Å². The SMILES string of the molecule is Cl.Cl.N[C@@H]1C[C@H]1c1cnc[nH]1. The molecule has 1 aromatic rings. The molecule has 2 rings (SSSR count). The summed E-state index contributed by atoms with van der Waals surface area (Å²) in [6.07, 6.45) is 4.65. The Kier molecular flexibility index (Phi) is 3.86. The third-order valence-electron chi connectivity index (χ3n) is 1.76. The lowest BCUT2D eigenvalue weighted by molar-refractivity contribution is 0.958. The molecule has 0 saturated heterocycles. The van der Waals surface area contributed by atoms with E-state index in [-0.39, 0.29) is 24.8 Å². The Hall–Kier alpha value is -0.250. The molecule has 0 bridgehead atoms. The van der Waals surface area contributed by atoms with Crippen LogP contribution >= 0.6 is 24.8 Å². The number of H-pyrrole nitrogens is 1. The minimum Gasteiger partial charge on any atom is -0.348 e. The van der Waals surface area contributed by atoms with E-state index < -0.39 is 0 Å². The first-order chi connectivity index (χ1) is 4.38. The van der Waals surface area contributed by atoms with E-state index in [1.807, 2.05) is 6.20 Å². The highest BCUT2D eigenvalue weighted by Crippen LogP contribution is 2.37. The number of rotatable bonds is 1. The number of hydrogen-bond acceptors (Lipinski definition) is 2. The molecule has 1 saturated carbocycles. The molecule has 1 aliphatic rings. The molecule has 0 spiro atoms. The Balaban J connectivity index is 0.000000500. The Labute approximate surface area is 77.6 Å². The lowest BCUT2D eigenvalue weighted by Gasteiger charge is -1.86. The van der Waals surface area contributed by atoms with Crippen LogP contribution in [0.1, 0.15) is 18.0 Å². The molecule has 2 atom stereocenters. The highest BCUT2D eigenvalue weighted by Gasteiger charge is 2.35. The second-order valence-corrected chi connectivity index (χ2v) is 2.51. The number of aromatic amines is 1. The molecule has 1 aromatic heterocycles. The summed E-state index contributed by atoms with van der Waals surface area (Å²) in [5.41, 5.74) is 6.79. The average molecular weight is 196 g/mol. The molecule has 0 unspecified atom stereocenters. The second-order valence-electron chi connectivity index (χ2n) is 2.51. The van der Waals surface area contributed by atoms with Gasteiger partial charge in [-0.05, 0) is 6.42 Å². The van der Waals surface area contributed by atoms with E-state index in [1.165, 1.54) is 5.69 Å². The first kappa shape index (κ1) is 10.8. The summed E-state index contributed by atoms with van der Waals surface area (Å²) >= 11 is 0. The zero-order valence-electron chi connectivity index (χ0n) is 5.86. The highest BCUT2D eigenvalue weighted by molar-refractivity contribution is 5.85. The first-order valence-corrected chi connectivity index (χ1v) is 3.12.